The van der Waals surface area contributed by atoms with Gasteiger partial charge in [-0.1, -0.05) is 26.0 Å². The first kappa shape index (κ1) is 18.7. The number of esters is 1. The molecule has 0 heterocycles. The normalized spacial score (nSPS) is 11.7. The molecule has 0 radical (unpaired) electrons. The number of nitrogens with one attached hydrogen (secondary N) is 1. The number of carbonyl (C=O) groups excluding carboxylic acids is 2. The average molecular weight is 329 g/mol. The molecule has 0 aliphatic heterocycles. The van der Waals surface area contributed by atoms with Gasteiger partial charge in [0.25, 0.3) is 5.91 Å². The maximum atomic E-state index is 12.5. The molecule has 1 aromatic rings. The van der Waals surface area contributed by atoms with Crippen molar-refractivity contribution in [3.8, 4) is 0 Å². The van der Waals surface area contributed by atoms with Gasteiger partial charge in [0.15, 0.2) is 6.61 Å². The highest BCUT2D eigenvalue weighted by Gasteiger charge is 2.30. The molecule has 0 aliphatic carbocycles. The molecular formula is C16H18F3NO3. The highest BCUT2D eigenvalue weighted by Crippen LogP contribution is 2.29. The topological polar surface area (TPSA) is 55.4 Å². The summed E-state index contributed by atoms with van der Waals surface area (Å²) in [4.78, 5) is 22.8. The average Bonchev–Trinajstić information content (AvgIpc) is 2.48. The van der Waals surface area contributed by atoms with Crippen LogP contribution >= 0.6 is 0 Å². The fraction of sp³-hybridized carbons (Fsp3) is 0.375. The Kier molecular flexibility index (Phi) is 6.81. The van der Waals surface area contributed by atoms with Crippen LogP contribution in [0.15, 0.2) is 30.3 Å². The van der Waals surface area contributed by atoms with E-state index >= 15 is 0 Å². The Bertz CT molecular complexity index is 580. The van der Waals surface area contributed by atoms with E-state index in [0.717, 1.165) is 18.2 Å². The molecule has 1 aromatic carbocycles. The Morgan fingerprint density at radius 2 is 2.00 bits per heavy atom. The lowest BCUT2D eigenvalue weighted by Gasteiger charge is -2.07. The van der Waals surface area contributed by atoms with Crippen LogP contribution in [-0.4, -0.2) is 25.0 Å². The smallest absolute Gasteiger partial charge is 0.416 e. The molecule has 1 amide bonds. The first-order valence-corrected chi connectivity index (χ1v) is 6.97. The van der Waals surface area contributed by atoms with Gasteiger partial charge in [0.1, 0.15) is 0 Å². The Hall–Kier alpha value is -2.31. The van der Waals surface area contributed by atoms with Crippen molar-refractivity contribution in [2.24, 2.45) is 5.92 Å². The summed E-state index contributed by atoms with van der Waals surface area (Å²) in [7, 11) is 0. The van der Waals surface area contributed by atoms with Crippen LogP contribution in [0.5, 0.6) is 0 Å². The van der Waals surface area contributed by atoms with Gasteiger partial charge in [-0.2, -0.15) is 13.2 Å². The van der Waals surface area contributed by atoms with E-state index in [-0.39, 0.29) is 11.5 Å². The van der Waals surface area contributed by atoms with Crippen molar-refractivity contribution in [3.63, 3.8) is 0 Å². The standard InChI is InChI=1S/C16H18F3NO3/c1-11(2)9-20-14(21)10-23-15(22)7-6-12-4-3-5-13(8-12)16(17,18)19/h3-8,11H,9-10H2,1-2H3,(H,20,21)/b7-6+. The highest BCUT2D eigenvalue weighted by molar-refractivity contribution is 5.89. The minimum Gasteiger partial charge on any atom is -0.452 e. The summed E-state index contributed by atoms with van der Waals surface area (Å²) >= 11 is 0. The zero-order valence-electron chi connectivity index (χ0n) is 12.8. The van der Waals surface area contributed by atoms with E-state index < -0.39 is 30.2 Å². The van der Waals surface area contributed by atoms with Gasteiger partial charge >= 0.3 is 12.1 Å². The van der Waals surface area contributed by atoms with Crippen LogP contribution < -0.4 is 5.32 Å². The number of alkyl halides is 3. The Morgan fingerprint density at radius 1 is 1.30 bits per heavy atom. The Balaban J connectivity index is 2.51. The zero-order valence-corrected chi connectivity index (χ0v) is 12.8. The van der Waals surface area contributed by atoms with Gasteiger partial charge < -0.3 is 10.1 Å². The van der Waals surface area contributed by atoms with Crippen molar-refractivity contribution in [2.75, 3.05) is 13.2 Å². The molecular weight excluding hydrogens is 311 g/mol. The van der Waals surface area contributed by atoms with Gasteiger partial charge in [-0.25, -0.2) is 4.79 Å². The molecule has 0 bridgehead atoms. The predicted molar refractivity (Wildman–Crippen MR) is 79.3 cm³/mol. The molecule has 7 heteroatoms. The number of amides is 1. The van der Waals surface area contributed by atoms with Gasteiger partial charge in [-0.15, -0.1) is 0 Å². The van der Waals surface area contributed by atoms with Gasteiger partial charge in [-0.3, -0.25) is 4.79 Å². The van der Waals surface area contributed by atoms with Gasteiger partial charge in [0.2, 0.25) is 0 Å². The lowest BCUT2D eigenvalue weighted by molar-refractivity contribution is -0.143. The van der Waals surface area contributed by atoms with E-state index in [1.165, 1.54) is 18.2 Å². The molecule has 126 valence electrons. The molecule has 0 aliphatic rings. The summed E-state index contributed by atoms with van der Waals surface area (Å²) in [5.41, 5.74) is -0.595. The second kappa shape index (κ2) is 8.36. The summed E-state index contributed by atoms with van der Waals surface area (Å²) in [6.45, 7) is 3.88. The molecule has 0 saturated heterocycles. The van der Waals surface area contributed by atoms with Crippen molar-refractivity contribution in [2.45, 2.75) is 20.0 Å². The molecule has 0 fully saturated rings. The molecule has 1 rings (SSSR count). The first-order chi connectivity index (χ1) is 10.7. The van der Waals surface area contributed by atoms with E-state index in [0.29, 0.717) is 6.54 Å². The Labute approximate surface area is 132 Å². The van der Waals surface area contributed by atoms with Gasteiger partial charge in [0, 0.05) is 12.6 Å². The number of rotatable bonds is 6. The summed E-state index contributed by atoms with van der Waals surface area (Å²) in [6, 6.07) is 4.52. The monoisotopic (exact) mass is 329 g/mol. The zero-order chi connectivity index (χ0) is 17.5. The maximum absolute atomic E-state index is 12.5. The van der Waals surface area contributed by atoms with Crippen LogP contribution in [0.25, 0.3) is 6.08 Å². The molecule has 1 N–H and O–H groups in total. The molecule has 0 saturated carbocycles. The van der Waals surface area contributed by atoms with Crippen molar-refractivity contribution in [3.05, 3.63) is 41.5 Å². The third-order valence-corrected chi connectivity index (χ3v) is 2.68. The van der Waals surface area contributed by atoms with Crippen molar-refractivity contribution in [1.29, 1.82) is 0 Å². The summed E-state index contributed by atoms with van der Waals surface area (Å²) in [6.07, 6.45) is -2.27. The highest BCUT2D eigenvalue weighted by atomic mass is 19.4. The summed E-state index contributed by atoms with van der Waals surface area (Å²) in [5.74, 6) is -0.961. The second-order valence-corrected chi connectivity index (χ2v) is 5.26. The van der Waals surface area contributed by atoms with E-state index in [2.05, 4.69) is 5.32 Å². The fourth-order valence-corrected chi connectivity index (χ4v) is 1.54. The number of ether oxygens (including phenoxy) is 1. The van der Waals surface area contributed by atoms with E-state index in [1.807, 2.05) is 13.8 Å². The molecule has 4 nitrogen and oxygen atoms in total. The fourth-order valence-electron chi connectivity index (χ4n) is 1.54. The van der Waals surface area contributed by atoms with Gasteiger partial charge in [-0.05, 0) is 29.7 Å². The third-order valence-electron chi connectivity index (χ3n) is 2.68. The molecule has 0 aromatic heterocycles. The van der Waals surface area contributed by atoms with Crippen molar-refractivity contribution < 1.29 is 27.5 Å². The third kappa shape index (κ3) is 7.49. The number of halogens is 3. The van der Waals surface area contributed by atoms with Crippen LogP contribution in [0, 0.1) is 5.92 Å². The van der Waals surface area contributed by atoms with Crippen LogP contribution in [-0.2, 0) is 20.5 Å². The molecule has 23 heavy (non-hydrogen) atoms. The minimum absolute atomic E-state index is 0.209. The number of carbonyl (C=O) groups is 2. The van der Waals surface area contributed by atoms with Crippen molar-refractivity contribution in [1.82, 2.24) is 5.32 Å². The van der Waals surface area contributed by atoms with Crippen LogP contribution in [0.4, 0.5) is 13.2 Å². The quantitative estimate of drug-likeness (QED) is 0.645. The molecule has 0 spiro atoms. The first-order valence-electron chi connectivity index (χ1n) is 6.97. The maximum Gasteiger partial charge on any atom is 0.416 e. The minimum atomic E-state index is -4.45. The largest absolute Gasteiger partial charge is 0.452 e. The van der Waals surface area contributed by atoms with E-state index in [4.69, 9.17) is 4.74 Å². The number of hydrogen-bond donors (Lipinski definition) is 1. The van der Waals surface area contributed by atoms with E-state index in [1.54, 1.807) is 0 Å². The predicted octanol–water partition coefficient (Wildman–Crippen LogP) is 3.03. The number of hydrogen-bond acceptors (Lipinski definition) is 3. The van der Waals surface area contributed by atoms with Crippen LogP contribution in [0.3, 0.4) is 0 Å². The molecule has 0 atom stereocenters. The van der Waals surface area contributed by atoms with Crippen molar-refractivity contribution >= 4 is 18.0 Å². The SMILES string of the molecule is CC(C)CNC(=O)COC(=O)/C=C/c1cccc(C(F)(F)F)c1. The summed E-state index contributed by atoms with van der Waals surface area (Å²) < 4.78 is 42.3. The van der Waals surface area contributed by atoms with Crippen LogP contribution in [0.1, 0.15) is 25.0 Å². The number of benzene rings is 1. The van der Waals surface area contributed by atoms with E-state index in [9.17, 15) is 22.8 Å². The summed E-state index contributed by atoms with van der Waals surface area (Å²) in [5, 5.41) is 2.57. The second-order valence-electron chi connectivity index (χ2n) is 5.26. The lowest BCUT2D eigenvalue weighted by Crippen LogP contribution is -2.31. The Morgan fingerprint density at radius 3 is 2.61 bits per heavy atom. The van der Waals surface area contributed by atoms with Gasteiger partial charge in [0.05, 0.1) is 5.56 Å². The van der Waals surface area contributed by atoms with Crippen LogP contribution in [0.2, 0.25) is 0 Å². The lowest BCUT2D eigenvalue weighted by atomic mass is 10.1. The molecule has 0 unspecified atom stereocenters.